The van der Waals surface area contributed by atoms with Crippen molar-refractivity contribution in [2.45, 2.75) is 46.3 Å². The molecule has 0 radical (unpaired) electrons. The molecule has 0 aliphatic rings. The van der Waals surface area contributed by atoms with Crippen molar-refractivity contribution in [1.29, 1.82) is 0 Å². The van der Waals surface area contributed by atoms with Crippen LogP contribution in [0, 0.1) is 0 Å². The minimum absolute atomic E-state index is 0.218. The molecule has 0 unspecified atom stereocenters. The highest BCUT2D eigenvalue weighted by Crippen LogP contribution is 2.27. The van der Waals surface area contributed by atoms with Gasteiger partial charge in [-0.05, 0) is 32.4 Å². The second-order valence-electron chi connectivity index (χ2n) is 4.72. The second kappa shape index (κ2) is 5.26. The molecular formula is C15H21NO. The van der Waals surface area contributed by atoms with Crippen LogP contribution in [0.1, 0.15) is 33.6 Å². The summed E-state index contributed by atoms with van der Waals surface area (Å²) in [5.74, 6) is 0.999. The van der Waals surface area contributed by atoms with Gasteiger partial charge in [0, 0.05) is 18.1 Å². The second-order valence-corrected chi connectivity index (χ2v) is 4.72. The van der Waals surface area contributed by atoms with Gasteiger partial charge >= 0.3 is 0 Å². The molecule has 2 nitrogen and oxygen atoms in total. The third-order valence-electron chi connectivity index (χ3n) is 2.87. The summed E-state index contributed by atoms with van der Waals surface area (Å²) in [6.45, 7) is 7.42. The van der Waals surface area contributed by atoms with Crippen molar-refractivity contribution in [3.63, 3.8) is 0 Å². The van der Waals surface area contributed by atoms with E-state index in [0.29, 0.717) is 0 Å². The van der Waals surface area contributed by atoms with Crippen molar-refractivity contribution >= 4 is 10.9 Å². The van der Waals surface area contributed by atoms with Gasteiger partial charge in [-0.25, -0.2) is 0 Å². The average molecular weight is 231 g/mol. The van der Waals surface area contributed by atoms with E-state index >= 15 is 0 Å². The maximum absolute atomic E-state index is 5.89. The molecule has 0 bridgehead atoms. The van der Waals surface area contributed by atoms with Gasteiger partial charge < -0.3 is 9.30 Å². The van der Waals surface area contributed by atoms with Crippen LogP contribution in [0.3, 0.4) is 0 Å². The van der Waals surface area contributed by atoms with Crippen molar-refractivity contribution in [3.05, 3.63) is 30.5 Å². The molecule has 1 heterocycles. The predicted molar refractivity (Wildman–Crippen MR) is 72.6 cm³/mol. The first-order valence-corrected chi connectivity index (χ1v) is 6.47. The van der Waals surface area contributed by atoms with E-state index in [2.05, 4.69) is 55.8 Å². The van der Waals surface area contributed by atoms with Gasteiger partial charge in [0.15, 0.2) is 0 Å². The fourth-order valence-corrected chi connectivity index (χ4v) is 2.09. The van der Waals surface area contributed by atoms with Gasteiger partial charge in [-0.2, -0.15) is 0 Å². The smallest absolute Gasteiger partial charge is 0.143 e. The molecule has 0 amide bonds. The first kappa shape index (κ1) is 12.0. The van der Waals surface area contributed by atoms with Crippen LogP contribution in [0.25, 0.3) is 10.9 Å². The van der Waals surface area contributed by atoms with Gasteiger partial charge in [0.05, 0.1) is 11.6 Å². The van der Waals surface area contributed by atoms with Crippen LogP contribution in [-0.2, 0) is 6.54 Å². The van der Waals surface area contributed by atoms with Crippen molar-refractivity contribution in [2.24, 2.45) is 0 Å². The number of fused-ring (bicyclic) bond motifs is 1. The van der Waals surface area contributed by atoms with Crippen LogP contribution in [0.2, 0.25) is 0 Å². The van der Waals surface area contributed by atoms with Gasteiger partial charge in [-0.3, -0.25) is 0 Å². The molecule has 0 fully saturated rings. The van der Waals surface area contributed by atoms with Crippen molar-refractivity contribution in [2.75, 3.05) is 0 Å². The highest BCUT2D eigenvalue weighted by molar-refractivity contribution is 5.86. The van der Waals surface area contributed by atoms with Crippen LogP contribution in [0.4, 0.5) is 0 Å². The number of aryl methyl sites for hydroxylation is 1. The number of aromatic nitrogens is 1. The first-order valence-electron chi connectivity index (χ1n) is 6.47. The summed E-state index contributed by atoms with van der Waals surface area (Å²) >= 11 is 0. The average Bonchev–Trinajstić information content (AvgIpc) is 2.70. The summed E-state index contributed by atoms with van der Waals surface area (Å²) in [7, 11) is 0. The lowest BCUT2D eigenvalue weighted by atomic mass is 10.2. The Morgan fingerprint density at radius 2 is 2.06 bits per heavy atom. The number of ether oxygens (including phenoxy) is 1. The zero-order chi connectivity index (χ0) is 12.3. The van der Waals surface area contributed by atoms with Crippen molar-refractivity contribution in [1.82, 2.24) is 4.57 Å². The largest absolute Gasteiger partial charge is 0.489 e. The molecule has 0 N–H and O–H groups in total. The number of para-hydroxylation sites is 1. The van der Waals surface area contributed by atoms with E-state index in [1.165, 1.54) is 23.7 Å². The molecule has 92 valence electrons. The molecule has 17 heavy (non-hydrogen) atoms. The maximum atomic E-state index is 5.89. The Hall–Kier alpha value is -1.44. The molecule has 0 aliphatic heterocycles. The summed E-state index contributed by atoms with van der Waals surface area (Å²) in [4.78, 5) is 0. The molecular weight excluding hydrogens is 210 g/mol. The minimum Gasteiger partial charge on any atom is -0.489 e. The number of hydrogen-bond acceptors (Lipinski definition) is 1. The third-order valence-corrected chi connectivity index (χ3v) is 2.87. The fraction of sp³-hybridized carbons (Fsp3) is 0.467. The number of benzene rings is 1. The highest BCUT2D eigenvalue weighted by Gasteiger charge is 2.08. The van der Waals surface area contributed by atoms with Crippen LogP contribution in [0.5, 0.6) is 5.75 Å². The Morgan fingerprint density at radius 1 is 1.24 bits per heavy atom. The predicted octanol–water partition coefficient (Wildman–Crippen LogP) is 4.23. The first-order chi connectivity index (χ1) is 8.22. The number of rotatable bonds is 5. The highest BCUT2D eigenvalue weighted by atomic mass is 16.5. The van der Waals surface area contributed by atoms with Gasteiger partial charge in [-0.1, -0.05) is 25.5 Å². The van der Waals surface area contributed by atoms with E-state index < -0.39 is 0 Å². The molecule has 1 aromatic carbocycles. The summed E-state index contributed by atoms with van der Waals surface area (Å²) in [5.41, 5.74) is 1.23. The van der Waals surface area contributed by atoms with Gasteiger partial charge in [-0.15, -0.1) is 0 Å². The maximum Gasteiger partial charge on any atom is 0.143 e. The molecule has 2 rings (SSSR count). The Balaban J connectivity index is 2.40. The van der Waals surface area contributed by atoms with Crippen LogP contribution in [0.15, 0.2) is 30.5 Å². The SMILES string of the molecule is CCCCn1ccc2cccc(OC(C)C)c21. The zero-order valence-electron chi connectivity index (χ0n) is 10.9. The molecule has 1 aromatic heterocycles. The summed E-state index contributed by atoms with van der Waals surface area (Å²) < 4.78 is 8.19. The molecule has 0 atom stereocenters. The van der Waals surface area contributed by atoms with Crippen LogP contribution in [-0.4, -0.2) is 10.7 Å². The number of hydrogen-bond donors (Lipinski definition) is 0. The zero-order valence-corrected chi connectivity index (χ0v) is 10.9. The summed E-state index contributed by atoms with van der Waals surface area (Å²) in [6, 6.07) is 8.43. The number of unbranched alkanes of at least 4 members (excludes halogenated alkanes) is 1. The van der Waals surface area contributed by atoms with Crippen molar-refractivity contribution < 1.29 is 4.74 Å². The van der Waals surface area contributed by atoms with Gasteiger partial charge in [0.25, 0.3) is 0 Å². The lowest BCUT2D eigenvalue weighted by Gasteiger charge is -2.13. The Bertz CT molecular complexity index is 485. The van der Waals surface area contributed by atoms with Crippen LogP contribution < -0.4 is 4.74 Å². The monoisotopic (exact) mass is 231 g/mol. The molecule has 2 aromatic rings. The summed E-state index contributed by atoms with van der Waals surface area (Å²) in [6.07, 6.45) is 4.80. The quantitative estimate of drug-likeness (QED) is 0.751. The van der Waals surface area contributed by atoms with Gasteiger partial charge in [0.2, 0.25) is 0 Å². The fourth-order valence-electron chi connectivity index (χ4n) is 2.09. The van der Waals surface area contributed by atoms with E-state index in [1.807, 2.05) is 0 Å². The van der Waals surface area contributed by atoms with E-state index in [0.717, 1.165) is 12.3 Å². The Kier molecular flexibility index (Phi) is 3.72. The normalized spacial score (nSPS) is 11.3. The summed E-state index contributed by atoms with van der Waals surface area (Å²) in [5, 5.41) is 1.26. The molecule has 0 saturated carbocycles. The van der Waals surface area contributed by atoms with Crippen LogP contribution >= 0.6 is 0 Å². The van der Waals surface area contributed by atoms with E-state index in [9.17, 15) is 0 Å². The van der Waals surface area contributed by atoms with Gasteiger partial charge in [0.1, 0.15) is 5.75 Å². The Morgan fingerprint density at radius 3 is 2.76 bits per heavy atom. The lowest BCUT2D eigenvalue weighted by Crippen LogP contribution is -2.07. The standard InChI is InChI=1S/C15H21NO/c1-4-5-10-16-11-9-13-7-6-8-14(15(13)16)17-12(2)3/h6-9,11-12H,4-5,10H2,1-3H3. The van der Waals surface area contributed by atoms with Crippen molar-refractivity contribution in [3.8, 4) is 5.75 Å². The molecule has 0 aliphatic carbocycles. The number of nitrogens with zero attached hydrogens (tertiary/aromatic N) is 1. The topological polar surface area (TPSA) is 14.2 Å². The minimum atomic E-state index is 0.218. The lowest BCUT2D eigenvalue weighted by molar-refractivity contribution is 0.244. The Labute approximate surface area is 103 Å². The molecule has 0 saturated heterocycles. The third kappa shape index (κ3) is 2.63. The van der Waals surface area contributed by atoms with E-state index in [4.69, 9.17) is 4.74 Å². The van der Waals surface area contributed by atoms with E-state index in [-0.39, 0.29) is 6.10 Å². The molecule has 0 spiro atoms. The van der Waals surface area contributed by atoms with E-state index in [1.54, 1.807) is 0 Å². The molecule has 2 heteroatoms.